The molecule has 1 aliphatic heterocycles. The zero-order valence-electron chi connectivity index (χ0n) is 17.7. The number of aryl methyl sites for hydroxylation is 1. The molecule has 3 aromatic rings. The molecule has 1 aliphatic rings. The van der Waals surface area contributed by atoms with Crippen molar-refractivity contribution in [3.8, 4) is 0 Å². The molecule has 8 heteroatoms. The molecule has 0 spiro atoms. The molecule has 30 heavy (non-hydrogen) atoms. The minimum absolute atomic E-state index is 0.106. The van der Waals surface area contributed by atoms with Gasteiger partial charge in [-0.1, -0.05) is 30.3 Å². The second-order valence-corrected chi connectivity index (χ2v) is 10.1. The standard InChI is InChI=1S/C22H28N4O3S/c1-4-25-20-13-12-18(30(28,29)23(2)3)15-21(20)26(22(25)27)16-24-14-8-11-19(24)17-9-6-5-7-10-17/h5-7,9-10,12-13,15,19H,4,8,11,14,16H2,1-3H3. The van der Waals surface area contributed by atoms with E-state index in [4.69, 9.17) is 0 Å². The molecule has 4 rings (SSSR count). The van der Waals surface area contributed by atoms with E-state index >= 15 is 0 Å². The molecule has 0 radical (unpaired) electrons. The van der Waals surface area contributed by atoms with E-state index in [2.05, 4.69) is 17.0 Å². The lowest BCUT2D eigenvalue weighted by molar-refractivity contribution is 0.201. The molecule has 0 aliphatic carbocycles. The zero-order valence-corrected chi connectivity index (χ0v) is 18.5. The van der Waals surface area contributed by atoms with Crippen molar-refractivity contribution in [2.45, 2.75) is 43.9 Å². The lowest BCUT2D eigenvalue weighted by atomic mass is 10.1. The van der Waals surface area contributed by atoms with Crippen molar-refractivity contribution in [1.29, 1.82) is 0 Å². The van der Waals surface area contributed by atoms with Gasteiger partial charge in [-0.05, 0) is 43.5 Å². The fourth-order valence-electron chi connectivity index (χ4n) is 4.34. The Labute approximate surface area is 177 Å². The van der Waals surface area contributed by atoms with Crippen LogP contribution in [0.15, 0.2) is 58.2 Å². The number of benzene rings is 2. The summed E-state index contributed by atoms with van der Waals surface area (Å²) in [5.41, 5.74) is 2.56. The van der Waals surface area contributed by atoms with Gasteiger partial charge in [-0.15, -0.1) is 0 Å². The zero-order chi connectivity index (χ0) is 21.5. The maximum atomic E-state index is 13.2. The topological polar surface area (TPSA) is 67.5 Å². The van der Waals surface area contributed by atoms with Gasteiger partial charge < -0.3 is 0 Å². The second-order valence-electron chi connectivity index (χ2n) is 7.92. The van der Waals surface area contributed by atoms with Crippen molar-refractivity contribution in [3.63, 3.8) is 0 Å². The molecule has 1 fully saturated rings. The highest BCUT2D eigenvalue weighted by Gasteiger charge is 2.28. The summed E-state index contributed by atoms with van der Waals surface area (Å²) in [6.45, 7) is 3.80. The van der Waals surface area contributed by atoms with E-state index < -0.39 is 10.0 Å². The molecule has 0 N–H and O–H groups in total. The summed E-state index contributed by atoms with van der Waals surface area (Å²) in [7, 11) is -0.557. The van der Waals surface area contributed by atoms with E-state index in [1.54, 1.807) is 27.3 Å². The van der Waals surface area contributed by atoms with Crippen LogP contribution in [0, 0.1) is 0 Å². The van der Waals surface area contributed by atoms with Gasteiger partial charge in [0.05, 0.1) is 22.6 Å². The highest BCUT2D eigenvalue weighted by atomic mass is 32.2. The van der Waals surface area contributed by atoms with Crippen LogP contribution in [-0.2, 0) is 23.2 Å². The molecular formula is C22H28N4O3S. The number of rotatable bonds is 6. The summed E-state index contributed by atoms with van der Waals surface area (Å²) in [6, 6.07) is 15.6. The van der Waals surface area contributed by atoms with E-state index in [9.17, 15) is 13.2 Å². The normalized spacial score (nSPS) is 17.9. The van der Waals surface area contributed by atoms with Gasteiger partial charge in [-0.25, -0.2) is 17.5 Å². The largest absolute Gasteiger partial charge is 0.330 e. The summed E-state index contributed by atoms with van der Waals surface area (Å²) in [5.74, 6) is 0. The van der Waals surface area contributed by atoms with Crippen molar-refractivity contribution in [2.75, 3.05) is 20.6 Å². The molecule has 2 heterocycles. The minimum atomic E-state index is -3.58. The predicted octanol–water partition coefficient (Wildman–Crippen LogP) is 2.87. The molecular weight excluding hydrogens is 400 g/mol. The summed E-state index contributed by atoms with van der Waals surface area (Å²) in [4.78, 5) is 15.7. The van der Waals surface area contributed by atoms with Crippen molar-refractivity contribution < 1.29 is 8.42 Å². The Balaban J connectivity index is 1.80. The lowest BCUT2D eigenvalue weighted by Crippen LogP contribution is -2.33. The number of hydrogen-bond donors (Lipinski definition) is 0. The highest BCUT2D eigenvalue weighted by molar-refractivity contribution is 7.89. The molecule has 1 saturated heterocycles. The van der Waals surface area contributed by atoms with Gasteiger partial charge in [0, 0.05) is 33.2 Å². The third-order valence-electron chi connectivity index (χ3n) is 5.96. The molecule has 1 aromatic heterocycles. The van der Waals surface area contributed by atoms with Gasteiger partial charge in [-0.3, -0.25) is 14.0 Å². The van der Waals surface area contributed by atoms with Gasteiger partial charge >= 0.3 is 5.69 Å². The van der Waals surface area contributed by atoms with Crippen LogP contribution < -0.4 is 5.69 Å². The lowest BCUT2D eigenvalue weighted by Gasteiger charge is -2.25. The smallest absolute Gasteiger partial charge is 0.292 e. The molecule has 1 atom stereocenters. The first-order chi connectivity index (χ1) is 14.3. The number of imidazole rings is 1. The van der Waals surface area contributed by atoms with Crippen molar-refractivity contribution in [3.05, 3.63) is 64.6 Å². The second kappa shape index (κ2) is 8.02. The molecule has 7 nitrogen and oxygen atoms in total. The first-order valence-corrected chi connectivity index (χ1v) is 11.7. The summed E-state index contributed by atoms with van der Waals surface area (Å²) in [6.07, 6.45) is 2.12. The van der Waals surface area contributed by atoms with Crippen molar-refractivity contribution in [2.24, 2.45) is 0 Å². The van der Waals surface area contributed by atoms with Crippen LogP contribution >= 0.6 is 0 Å². The minimum Gasteiger partial charge on any atom is -0.292 e. The SMILES string of the molecule is CCn1c(=O)n(CN2CCCC2c2ccccc2)c2cc(S(=O)(=O)N(C)C)ccc21. The maximum absolute atomic E-state index is 13.2. The summed E-state index contributed by atoms with van der Waals surface area (Å²) >= 11 is 0. The maximum Gasteiger partial charge on any atom is 0.330 e. The van der Waals surface area contributed by atoms with Crippen LogP contribution in [0.4, 0.5) is 0 Å². The molecule has 160 valence electrons. The Kier molecular flexibility index (Phi) is 5.57. The van der Waals surface area contributed by atoms with Gasteiger partial charge in [0.1, 0.15) is 0 Å². The third kappa shape index (κ3) is 3.49. The Morgan fingerprint density at radius 1 is 1.03 bits per heavy atom. The molecule has 1 unspecified atom stereocenters. The first kappa shape index (κ1) is 20.8. The molecule has 2 aromatic carbocycles. The molecule has 0 bridgehead atoms. The van der Waals surface area contributed by atoms with Gasteiger partial charge in [0.2, 0.25) is 10.0 Å². The van der Waals surface area contributed by atoms with Crippen LogP contribution in [0.2, 0.25) is 0 Å². The average molecular weight is 429 g/mol. The van der Waals surface area contributed by atoms with Gasteiger partial charge in [-0.2, -0.15) is 0 Å². The first-order valence-electron chi connectivity index (χ1n) is 10.3. The predicted molar refractivity (Wildman–Crippen MR) is 118 cm³/mol. The third-order valence-corrected chi connectivity index (χ3v) is 7.77. The fraction of sp³-hybridized carbons (Fsp3) is 0.409. The number of aromatic nitrogens is 2. The Morgan fingerprint density at radius 3 is 2.43 bits per heavy atom. The average Bonchev–Trinajstić information content (AvgIpc) is 3.31. The van der Waals surface area contributed by atoms with Gasteiger partial charge in [0.25, 0.3) is 0 Å². The van der Waals surface area contributed by atoms with E-state index in [0.29, 0.717) is 18.7 Å². The highest BCUT2D eigenvalue weighted by Crippen LogP contribution is 2.32. The van der Waals surface area contributed by atoms with Crippen LogP contribution in [0.5, 0.6) is 0 Å². The monoisotopic (exact) mass is 428 g/mol. The Bertz CT molecular complexity index is 1210. The number of fused-ring (bicyclic) bond motifs is 1. The number of hydrogen-bond acceptors (Lipinski definition) is 4. The van der Waals surface area contributed by atoms with Crippen molar-refractivity contribution >= 4 is 21.1 Å². The number of nitrogens with zero attached hydrogens (tertiary/aromatic N) is 4. The van der Waals surface area contributed by atoms with Crippen LogP contribution in [0.3, 0.4) is 0 Å². The quantitative estimate of drug-likeness (QED) is 0.606. The van der Waals surface area contributed by atoms with Crippen LogP contribution in [0.1, 0.15) is 31.4 Å². The molecule has 0 saturated carbocycles. The van der Waals surface area contributed by atoms with E-state index in [-0.39, 0.29) is 16.6 Å². The summed E-state index contributed by atoms with van der Waals surface area (Å²) in [5, 5.41) is 0. The Hall–Kier alpha value is -2.42. The summed E-state index contributed by atoms with van der Waals surface area (Å²) < 4.78 is 29.9. The van der Waals surface area contributed by atoms with Crippen LogP contribution in [-0.4, -0.2) is 47.4 Å². The fourth-order valence-corrected chi connectivity index (χ4v) is 5.26. The van der Waals surface area contributed by atoms with E-state index in [0.717, 1.165) is 24.9 Å². The number of sulfonamides is 1. The van der Waals surface area contributed by atoms with Crippen LogP contribution in [0.25, 0.3) is 11.0 Å². The van der Waals surface area contributed by atoms with E-state index in [1.165, 1.54) is 24.0 Å². The van der Waals surface area contributed by atoms with E-state index in [1.807, 2.05) is 25.1 Å². The van der Waals surface area contributed by atoms with Crippen molar-refractivity contribution in [1.82, 2.24) is 18.3 Å². The van der Waals surface area contributed by atoms with Gasteiger partial charge in [0.15, 0.2) is 0 Å². The molecule has 0 amide bonds. The number of likely N-dealkylation sites (tertiary alicyclic amines) is 1. The Morgan fingerprint density at radius 2 is 1.77 bits per heavy atom.